The zero-order chi connectivity index (χ0) is 14.5. The summed E-state index contributed by atoms with van der Waals surface area (Å²) in [6, 6.07) is 3.67. The summed E-state index contributed by atoms with van der Waals surface area (Å²) in [6.45, 7) is 1.52. The standard InChI is InChI=1S/C12H15ClN4O2S/c1-16(2)12(18)19-15-11-17(5-6-20-11)8-9-3-4-10(13)14-7-9/h3-4,7H,5-6,8H2,1-2H3/b15-11+. The largest absolute Gasteiger partial charge is 0.435 e. The number of hydrogen-bond donors (Lipinski definition) is 0. The molecule has 108 valence electrons. The van der Waals surface area contributed by atoms with Gasteiger partial charge in [-0.3, -0.25) is 4.84 Å². The number of amidine groups is 1. The predicted octanol–water partition coefficient (Wildman–Crippen LogP) is 2.25. The zero-order valence-corrected chi connectivity index (χ0v) is 12.8. The van der Waals surface area contributed by atoms with E-state index in [1.165, 1.54) is 4.90 Å². The van der Waals surface area contributed by atoms with Crippen molar-refractivity contribution >= 4 is 34.6 Å². The Hall–Kier alpha value is -1.47. The number of rotatable bonds is 3. The van der Waals surface area contributed by atoms with Crippen LogP contribution in [0.1, 0.15) is 5.56 Å². The van der Waals surface area contributed by atoms with Gasteiger partial charge in [-0.25, -0.2) is 9.78 Å². The van der Waals surface area contributed by atoms with E-state index < -0.39 is 6.09 Å². The van der Waals surface area contributed by atoms with Crippen LogP contribution in [0.15, 0.2) is 23.5 Å². The fourth-order valence-corrected chi connectivity index (χ4v) is 2.58. The van der Waals surface area contributed by atoms with Crippen molar-refractivity contribution in [2.75, 3.05) is 26.4 Å². The average molecular weight is 315 g/mol. The van der Waals surface area contributed by atoms with E-state index in [-0.39, 0.29) is 0 Å². The lowest BCUT2D eigenvalue weighted by molar-refractivity contribution is 0.121. The Kier molecular flexibility index (Phi) is 5.08. The summed E-state index contributed by atoms with van der Waals surface area (Å²) >= 11 is 7.32. The van der Waals surface area contributed by atoms with Gasteiger partial charge >= 0.3 is 6.09 Å². The number of oxime groups is 1. The number of amides is 1. The minimum atomic E-state index is -0.488. The van der Waals surface area contributed by atoms with Gasteiger partial charge in [-0.15, -0.1) is 0 Å². The number of hydrogen-bond acceptors (Lipinski definition) is 5. The van der Waals surface area contributed by atoms with Crippen LogP contribution >= 0.6 is 23.4 Å². The van der Waals surface area contributed by atoms with Gasteiger partial charge in [0, 0.05) is 39.1 Å². The summed E-state index contributed by atoms with van der Waals surface area (Å²) in [5.41, 5.74) is 1.03. The van der Waals surface area contributed by atoms with Crippen molar-refractivity contribution in [1.82, 2.24) is 14.8 Å². The highest BCUT2D eigenvalue weighted by molar-refractivity contribution is 8.14. The third kappa shape index (κ3) is 4.01. The van der Waals surface area contributed by atoms with Crippen molar-refractivity contribution in [3.05, 3.63) is 29.0 Å². The summed E-state index contributed by atoms with van der Waals surface area (Å²) < 4.78 is 0. The molecule has 6 nitrogen and oxygen atoms in total. The van der Waals surface area contributed by atoms with Gasteiger partial charge in [0.25, 0.3) is 0 Å². The molecule has 2 heterocycles. The molecule has 0 unspecified atom stereocenters. The predicted molar refractivity (Wildman–Crippen MR) is 79.7 cm³/mol. The van der Waals surface area contributed by atoms with Crippen molar-refractivity contribution in [3.63, 3.8) is 0 Å². The highest BCUT2D eigenvalue weighted by atomic mass is 35.5. The van der Waals surface area contributed by atoms with Crippen molar-refractivity contribution in [1.29, 1.82) is 0 Å². The van der Waals surface area contributed by atoms with Crippen LogP contribution < -0.4 is 0 Å². The first kappa shape index (κ1) is 14.9. The molecule has 0 aliphatic carbocycles. The molecule has 0 radical (unpaired) electrons. The molecule has 1 saturated heterocycles. The highest BCUT2D eigenvalue weighted by Gasteiger charge is 2.21. The van der Waals surface area contributed by atoms with Gasteiger partial charge in [-0.2, -0.15) is 0 Å². The molecule has 0 saturated carbocycles. The lowest BCUT2D eigenvalue weighted by Crippen LogP contribution is -2.26. The van der Waals surface area contributed by atoms with Gasteiger partial charge in [0.1, 0.15) is 5.15 Å². The second kappa shape index (κ2) is 6.81. The maximum atomic E-state index is 11.3. The summed E-state index contributed by atoms with van der Waals surface area (Å²) in [5.74, 6) is 0.916. The fourth-order valence-electron chi connectivity index (χ4n) is 1.54. The summed E-state index contributed by atoms with van der Waals surface area (Å²) in [4.78, 5) is 23.6. The first-order valence-corrected chi connectivity index (χ1v) is 7.37. The molecule has 2 rings (SSSR count). The SMILES string of the molecule is CN(C)C(=O)O/N=C1/SCCN1Cc1ccc(Cl)nc1. The van der Waals surface area contributed by atoms with Gasteiger partial charge in [0.05, 0.1) is 0 Å². The third-order valence-corrected chi connectivity index (χ3v) is 3.79. The molecule has 0 N–H and O–H groups in total. The Bertz CT molecular complexity index is 507. The van der Waals surface area contributed by atoms with Crippen LogP contribution in [0.5, 0.6) is 0 Å². The van der Waals surface area contributed by atoms with Crippen molar-refractivity contribution in [2.45, 2.75) is 6.54 Å². The van der Waals surface area contributed by atoms with E-state index in [1.54, 1.807) is 38.1 Å². The first-order valence-electron chi connectivity index (χ1n) is 6.01. The van der Waals surface area contributed by atoms with Crippen LogP contribution in [0.3, 0.4) is 0 Å². The van der Waals surface area contributed by atoms with Gasteiger partial charge in [-0.1, -0.05) is 29.4 Å². The van der Waals surface area contributed by atoms with Gasteiger partial charge < -0.3 is 9.80 Å². The lowest BCUT2D eigenvalue weighted by Gasteiger charge is -2.17. The Labute approximate surface area is 126 Å². The molecule has 0 bridgehead atoms. The Balaban J connectivity index is 1.98. The van der Waals surface area contributed by atoms with Crippen LogP contribution in [0.4, 0.5) is 4.79 Å². The van der Waals surface area contributed by atoms with E-state index in [2.05, 4.69) is 10.1 Å². The minimum absolute atomic E-state index is 0.471. The van der Waals surface area contributed by atoms with E-state index in [0.29, 0.717) is 16.9 Å². The number of nitrogens with zero attached hydrogens (tertiary/aromatic N) is 4. The van der Waals surface area contributed by atoms with Crippen molar-refractivity contribution in [3.8, 4) is 0 Å². The number of aromatic nitrogens is 1. The molecule has 1 aromatic heterocycles. The first-order chi connectivity index (χ1) is 9.56. The molecule has 1 fully saturated rings. The summed E-state index contributed by atoms with van der Waals surface area (Å²) in [6.07, 6.45) is 1.24. The monoisotopic (exact) mass is 314 g/mol. The van der Waals surface area contributed by atoms with Gasteiger partial charge in [-0.05, 0) is 16.8 Å². The maximum absolute atomic E-state index is 11.3. The molecule has 20 heavy (non-hydrogen) atoms. The Morgan fingerprint density at radius 3 is 3.05 bits per heavy atom. The van der Waals surface area contributed by atoms with Crippen LogP contribution in [-0.4, -0.2) is 52.4 Å². The van der Waals surface area contributed by atoms with Crippen LogP contribution in [0.25, 0.3) is 0 Å². The molecule has 0 atom stereocenters. The molecule has 1 aliphatic heterocycles. The molecule has 0 spiro atoms. The second-order valence-electron chi connectivity index (χ2n) is 4.38. The number of halogens is 1. The smallest absolute Gasteiger partial charge is 0.343 e. The van der Waals surface area contributed by atoms with Gasteiger partial charge in [0.15, 0.2) is 0 Å². The molecule has 0 aromatic carbocycles. The van der Waals surface area contributed by atoms with Crippen LogP contribution in [0, 0.1) is 0 Å². The summed E-state index contributed by atoms with van der Waals surface area (Å²) in [7, 11) is 3.23. The van der Waals surface area contributed by atoms with Crippen LogP contribution in [-0.2, 0) is 11.4 Å². The van der Waals surface area contributed by atoms with Gasteiger partial charge in [0.2, 0.25) is 5.17 Å². The number of pyridine rings is 1. The molecule has 8 heteroatoms. The number of thioether (sulfide) groups is 1. The highest BCUT2D eigenvalue weighted by Crippen LogP contribution is 2.21. The fraction of sp³-hybridized carbons (Fsp3) is 0.417. The van der Waals surface area contributed by atoms with E-state index in [4.69, 9.17) is 16.4 Å². The summed E-state index contributed by atoms with van der Waals surface area (Å²) in [5, 5.41) is 5.08. The van der Waals surface area contributed by atoms with Crippen LogP contribution in [0.2, 0.25) is 5.15 Å². The molecule has 1 aliphatic rings. The topological polar surface area (TPSA) is 58.0 Å². The molecule has 1 amide bonds. The van der Waals surface area contributed by atoms with E-state index in [9.17, 15) is 4.79 Å². The van der Waals surface area contributed by atoms with E-state index in [1.807, 2.05) is 11.0 Å². The van der Waals surface area contributed by atoms with Crippen molar-refractivity contribution in [2.24, 2.45) is 5.16 Å². The maximum Gasteiger partial charge on any atom is 0.435 e. The third-order valence-electron chi connectivity index (χ3n) is 2.59. The quantitative estimate of drug-likeness (QED) is 0.486. The zero-order valence-electron chi connectivity index (χ0n) is 11.2. The number of carbonyl (C=O) groups is 1. The average Bonchev–Trinajstić information content (AvgIpc) is 2.86. The van der Waals surface area contributed by atoms with E-state index >= 15 is 0 Å². The normalized spacial score (nSPS) is 16.6. The van der Waals surface area contributed by atoms with Crippen molar-refractivity contribution < 1.29 is 9.63 Å². The van der Waals surface area contributed by atoms with E-state index in [0.717, 1.165) is 17.9 Å². The Morgan fingerprint density at radius 2 is 2.40 bits per heavy atom. The lowest BCUT2D eigenvalue weighted by atomic mass is 10.3. The molecular formula is C12H15ClN4O2S. The second-order valence-corrected chi connectivity index (χ2v) is 5.83. The minimum Gasteiger partial charge on any atom is -0.343 e. The number of carbonyl (C=O) groups excluding carboxylic acids is 1. The molecular weight excluding hydrogens is 300 g/mol. The molecule has 1 aromatic rings. The Morgan fingerprint density at radius 1 is 1.60 bits per heavy atom.